The number of aromatic nitrogens is 1. The van der Waals surface area contributed by atoms with Gasteiger partial charge < -0.3 is 15.1 Å². The highest BCUT2D eigenvalue weighted by Crippen LogP contribution is 2.24. The minimum absolute atomic E-state index is 0. The number of carbonyl (C=O) groups is 1. The van der Waals surface area contributed by atoms with Gasteiger partial charge in [0, 0.05) is 38.4 Å². The van der Waals surface area contributed by atoms with Crippen LogP contribution in [0.25, 0.3) is 0 Å². The highest BCUT2D eigenvalue weighted by Gasteiger charge is 2.27. The second kappa shape index (κ2) is 10.1. The third kappa shape index (κ3) is 4.74. The minimum Gasteiger partial charge on any atom is -0.356 e. The summed E-state index contributed by atoms with van der Waals surface area (Å²) in [6.07, 6.45) is 7.67. The van der Waals surface area contributed by atoms with Crippen LogP contribution in [0.4, 0.5) is 5.82 Å². The highest BCUT2D eigenvalue weighted by molar-refractivity contribution is 5.99. The van der Waals surface area contributed by atoms with Gasteiger partial charge in [-0.1, -0.05) is 0 Å². The Morgan fingerprint density at radius 3 is 2.62 bits per heavy atom. The number of hydrogen-bond acceptors (Lipinski definition) is 4. The number of nitrogens with zero attached hydrogens (tertiary/aromatic N) is 3. The molecule has 5 nitrogen and oxygen atoms in total. The van der Waals surface area contributed by atoms with Crippen molar-refractivity contribution < 1.29 is 4.79 Å². The number of hydrogen-bond donors (Lipinski definition) is 1. The quantitative estimate of drug-likeness (QED) is 0.883. The maximum Gasteiger partial charge on any atom is 0.257 e. The van der Waals surface area contributed by atoms with Crippen molar-refractivity contribution in [1.29, 1.82) is 0 Å². The number of carbonyl (C=O) groups excluding carboxylic acids is 1. The van der Waals surface area contributed by atoms with Crippen LogP contribution < -0.4 is 10.2 Å². The van der Waals surface area contributed by atoms with Gasteiger partial charge in [-0.3, -0.25) is 4.79 Å². The molecule has 3 heterocycles. The summed E-state index contributed by atoms with van der Waals surface area (Å²) in [4.78, 5) is 21.7. The highest BCUT2D eigenvalue weighted by atomic mass is 35.5. The van der Waals surface area contributed by atoms with Crippen LogP contribution in [0, 0.1) is 0 Å². The van der Waals surface area contributed by atoms with E-state index in [1.807, 2.05) is 24.1 Å². The molecule has 1 aromatic heterocycles. The Balaban J connectivity index is 0.00000144. The molecule has 2 aliphatic heterocycles. The molecule has 0 aromatic carbocycles. The molecule has 136 valence electrons. The number of pyridine rings is 1. The first kappa shape index (κ1) is 21.0. The van der Waals surface area contributed by atoms with Gasteiger partial charge in [0.05, 0.1) is 5.56 Å². The third-order valence-electron chi connectivity index (χ3n) is 4.79. The van der Waals surface area contributed by atoms with Crippen molar-refractivity contribution in [3.8, 4) is 0 Å². The second-order valence-corrected chi connectivity index (χ2v) is 6.30. The number of rotatable bonds is 3. The van der Waals surface area contributed by atoms with Crippen LogP contribution in [0.5, 0.6) is 0 Å². The Kier molecular flexibility index (Phi) is 8.81. The zero-order valence-electron chi connectivity index (χ0n) is 14.2. The average Bonchev–Trinajstić information content (AvgIpc) is 2.62. The molecule has 3 rings (SSSR count). The number of piperidine rings is 2. The van der Waals surface area contributed by atoms with E-state index in [0.717, 1.165) is 50.4 Å². The fourth-order valence-corrected chi connectivity index (χ4v) is 3.49. The number of halogens is 2. The van der Waals surface area contributed by atoms with Crippen molar-refractivity contribution in [3.05, 3.63) is 23.9 Å². The molecule has 0 bridgehead atoms. The van der Waals surface area contributed by atoms with Crippen LogP contribution >= 0.6 is 24.8 Å². The van der Waals surface area contributed by atoms with Gasteiger partial charge in [-0.05, 0) is 51.3 Å². The molecule has 24 heavy (non-hydrogen) atoms. The molecule has 1 unspecified atom stereocenters. The number of nitrogens with one attached hydrogen (secondary N) is 1. The minimum atomic E-state index is 0. The van der Waals surface area contributed by atoms with Crippen molar-refractivity contribution in [3.63, 3.8) is 0 Å². The monoisotopic (exact) mass is 374 g/mol. The predicted molar refractivity (Wildman–Crippen MR) is 103 cm³/mol. The van der Waals surface area contributed by atoms with E-state index >= 15 is 0 Å². The Labute approximate surface area is 157 Å². The number of likely N-dealkylation sites (tertiary alicyclic amines) is 1. The summed E-state index contributed by atoms with van der Waals surface area (Å²) in [7, 11) is 1.97. The molecule has 0 spiro atoms. The fourth-order valence-electron chi connectivity index (χ4n) is 3.49. The average molecular weight is 375 g/mol. The molecule has 0 saturated carbocycles. The Bertz CT molecular complexity index is 523. The van der Waals surface area contributed by atoms with Gasteiger partial charge in [0.15, 0.2) is 0 Å². The van der Waals surface area contributed by atoms with E-state index in [0.29, 0.717) is 6.04 Å². The molecule has 2 saturated heterocycles. The zero-order valence-corrected chi connectivity index (χ0v) is 15.9. The summed E-state index contributed by atoms with van der Waals surface area (Å²) in [5.41, 5.74) is 0.765. The Morgan fingerprint density at radius 1 is 1.17 bits per heavy atom. The van der Waals surface area contributed by atoms with Gasteiger partial charge >= 0.3 is 0 Å². The van der Waals surface area contributed by atoms with Gasteiger partial charge in [-0.15, -0.1) is 24.8 Å². The van der Waals surface area contributed by atoms with Crippen molar-refractivity contribution in [1.82, 2.24) is 15.2 Å². The van der Waals surface area contributed by atoms with Crippen LogP contribution in [0.15, 0.2) is 18.3 Å². The second-order valence-electron chi connectivity index (χ2n) is 6.30. The van der Waals surface area contributed by atoms with Gasteiger partial charge in [0.25, 0.3) is 5.91 Å². The van der Waals surface area contributed by atoms with Crippen LogP contribution in [-0.2, 0) is 0 Å². The van der Waals surface area contributed by atoms with E-state index in [9.17, 15) is 4.79 Å². The lowest BCUT2D eigenvalue weighted by Crippen LogP contribution is -2.47. The summed E-state index contributed by atoms with van der Waals surface area (Å²) in [5, 5.41) is 3.30. The number of likely N-dealkylation sites (N-methyl/N-ethyl adjacent to an activating group) is 1. The predicted octanol–water partition coefficient (Wildman–Crippen LogP) is 2.74. The van der Waals surface area contributed by atoms with Crippen molar-refractivity contribution in [2.24, 2.45) is 0 Å². The lowest BCUT2D eigenvalue weighted by Gasteiger charge is -2.34. The topological polar surface area (TPSA) is 48.5 Å². The maximum absolute atomic E-state index is 13.0. The molecular formula is C17H28Cl2N4O. The number of amides is 1. The van der Waals surface area contributed by atoms with E-state index in [2.05, 4.69) is 15.2 Å². The molecule has 1 atom stereocenters. The fraction of sp³-hybridized carbons (Fsp3) is 0.647. The lowest BCUT2D eigenvalue weighted by molar-refractivity contribution is 0.0698. The van der Waals surface area contributed by atoms with Crippen LogP contribution in [0.2, 0.25) is 0 Å². The van der Waals surface area contributed by atoms with Crippen LogP contribution in [0.1, 0.15) is 42.5 Å². The van der Waals surface area contributed by atoms with E-state index < -0.39 is 0 Å². The van der Waals surface area contributed by atoms with E-state index in [1.54, 1.807) is 6.20 Å². The van der Waals surface area contributed by atoms with Crippen molar-refractivity contribution >= 4 is 36.5 Å². The summed E-state index contributed by atoms with van der Waals surface area (Å²) in [6.45, 7) is 3.67. The molecule has 7 heteroatoms. The largest absolute Gasteiger partial charge is 0.356 e. The Hall–Kier alpha value is -1.04. The van der Waals surface area contributed by atoms with Crippen molar-refractivity contribution in [2.45, 2.75) is 38.1 Å². The van der Waals surface area contributed by atoms with Gasteiger partial charge in [0.2, 0.25) is 0 Å². The molecular weight excluding hydrogens is 347 g/mol. The SMILES string of the molecule is CNC1CCCN(C(=O)c2cccnc2N2CCCCC2)C1.Cl.Cl. The van der Waals surface area contributed by atoms with E-state index in [-0.39, 0.29) is 30.7 Å². The van der Waals surface area contributed by atoms with Crippen molar-refractivity contribution in [2.75, 3.05) is 38.1 Å². The molecule has 1 amide bonds. The zero-order chi connectivity index (χ0) is 15.4. The van der Waals surface area contributed by atoms with Crippen LogP contribution in [0.3, 0.4) is 0 Å². The normalized spacial score (nSPS) is 20.8. The summed E-state index contributed by atoms with van der Waals surface area (Å²) in [6, 6.07) is 4.22. The summed E-state index contributed by atoms with van der Waals surface area (Å²) < 4.78 is 0. The van der Waals surface area contributed by atoms with Gasteiger partial charge in [0.1, 0.15) is 5.82 Å². The first-order valence-corrected chi connectivity index (χ1v) is 8.46. The van der Waals surface area contributed by atoms with Crippen LogP contribution in [-0.4, -0.2) is 55.1 Å². The molecule has 2 fully saturated rings. The standard InChI is InChI=1S/C17H26N4O.2ClH/c1-18-14-7-6-12-21(13-14)17(22)15-8-5-9-19-16(15)20-10-3-2-4-11-20;;/h5,8-9,14,18H,2-4,6-7,10-13H2,1H3;2*1H. The first-order valence-electron chi connectivity index (χ1n) is 8.46. The molecule has 1 N–H and O–H groups in total. The molecule has 2 aliphatic rings. The summed E-state index contributed by atoms with van der Waals surface area (Å²) in [5.74, 6) is 1.01. The van der Waals surface area contributed by atoms with Gasteiger partial charge in [-0.25, -0.2) is 4.98 Å². The molecule has 0 aliphatic carbocycles. The van der Waals surface area contributed by atoms with E-state index in [4.69, 9.17) is 0 Å². The Morgan fingerprint density at radius 2 is 1.92 bits per heavy atom. The smallest absolute Gasteiger partial charge is 0.257 e. The first-order chi connectivity index (χ1) is 10.8. The molecule has 0 radical (unpaired) electrons. The number of anilines is 1. The van der Waals surface area contributed by atoms with Gasteiger partial charge in [-0.2, -0.15) is 0 Å². The maximum atomic E-state index is 13.0. The summed E-state index contributed by atoms with van der Waals surface area (Å²) >= 11 is 0. The molecule has 1 aromatic rings. The lowest BCUT2D eigenvalue weighted by atomic mass is 10.0. The van der Waals surface area contributed by atoms with E-state index in [1.165, 1.54) is 19.3 Å². The third-order valence-corrected chi connectivity index (χ3v) is 4.79.